The summed E-state index contributed by atoms with van der Waals surface area (Å²) in [6, 6.07) is 12.8. The summed E-state index contributed by atoms with van der Waals surface area (Å²) in [5.74, 6) is -2.89. The highest BCUT2D eigenvalue weighted by Gasteiger charge is 2.38. The number of benzene rings is 2. The van der Waals surface area contributed by atoms with Crippen LogP contribution in [-0.2, 0) is 4.79 Å². The second kappa shape index (κ2) is 12.5. The normalized spacial score (nSPS) is 13.7. The van der Waals surface area contributed by atoms with Crippen LogP contribution in [0.3, 0.4) is 0 Å². The summed E-state index contributed by atoms with van der Waals surface area (Å²) < 4.78 is 52.9. The van der Waals surface area contributed by atoms with E-state index in [0.717, 1.165) is 37.1 Å². The van der Waals surface area contributed by atoms with Gasteiger partial charge in [-0.25, -0.2) is 19.2 Å². The minimum absolute atomic E-state index is 0.297. The number of carbonyl (C=O) groups is 2. The Morgan fingerprint density at radius 1 is 1.05 bits per heavy atom. The van der Waals surface area contributed by atoms with Gasteiger partial charge in [0.05, 0.1) is 17.8 Å². The molecular weight excluding hydrogens is 586 g/mol. The lowest BCUT2D eigenvalue weighted by atomic mass is 10.1. The Morgan fingerprint density at radius 3 is 2.43 bits per heavy atom. The number of oxazole rings is 1. The minimum Gasteiger partial charge on any atom is -0.475 e. The largest absolute Gasteiger partial charge is 0.490 e. The smallest absolute Gasteiger partial charge is 0.475 e. The molecule has 3 aromatic heterocycles. The van der Waals surface area contributed by atoms with Crippen molar-refractivity contribution in [2.24, 2.45) is 0 Å². The van der Waals surface area contributed by atoms with E-state index < -0.39 is 18.0 Å². The fourth-order valence-electron chi connectivity index (χ4n) is 4.48. The van der Waals surface area contributed by atoms with Gasteiger partial charge < -0.3 is 25.9 Å². The molecule has 5 aromatic rings. The van der Waals surface area contributed by atoms with Crippen molar-refractivity contribution in [2.75, 3.05) is 24.1 Å². The van der Waals surface area contributed by atoms with Gasteiger partial charge in [0.1, 0.15) is 17.2 Å². The first-order valence-electron chi connectivity index (χ1n) is 13.3. The molecule has 0 saturated carbocycles. The Morgan fingerprint density at radius 2 is 1.75 bits per heavy atom. The Hall–Kier alpha value is -5.31. The summed E-state index contributed by atoms with van der Waals surface area (Å²) in [7, 11) is 0. The number of nitrogen functional groups attached to an aromatic ring is 1. The molecule has 228 valence electrons. The number of carboxylic acids is 1. The van der Waals surface area contributed by atoms with Crippen molar-refractivity contribution in [2.45, 2.75) is 25.1 Å². The molecule has 0 aliphatic carbocycles. The molecule has 11 nitrogen and oxygen atoms in total. The van der Waals surface area contributed by atoms with Crippen LogP contribution >= 0.6 is 0 Å². The number of nitrogens with two attached hydrogens (primary N) is 1. The number of aliphatic carboxylic acids is 1. The first kappa shape index (κ1) is 30.2. The van der Waals surface area contributed by atoms with Crippen molar-refractivity contribution in [3.05, 3.63) is 78.5 Å². The van der Waals surface area contributed by atoms with Crippen molar-refractivity contribution < 1.29 is 36.7 Å². The number of halogens is 4. The number of hydrogen-bond acceptors (Lipinski definition) is 8. The SMILES string of the molecule is Nc1ncc(-c2cnn(C3CCNCC3)c2)cc1-c1nc2ccc(NC(=O)c3ccc(F)cc3)cc2o1.O=C(O)C(F)(F)F. The predicted octanol–water partition coefficient (Wildman–Crippen LogP) is 5.28. The monoisotopic (exact) mass is 611 g/mol. The topological polar surface area (TPSA) is 161 Å². The third kappa shape index (κ3) is 7.00. The van der Waals surface area contributed by atoms with E-state index >= 15 is 0 Å². The lowest BCUT2D eigenvalue weighted by Crippen LogP contribution is -2.29. The van der Waals surface area contributed by atoms with E-state index in [1.54, 1.807) is 24.4 Å². The van der Waals surface area contributed by atoms with Crippen LogP contribution in [0.5, 0.6) is 0 Å². The molecule has 4 heterocycles. The number of pyridine rings is 1. The quantitative estimate of drug-likeness (QED) is 0.194. The fraction of sp³-hybridized carbons (Fsp3) is 0.207. The molecule has 0 unspecified atom stereocenters. The van der Waals surface area contributed by atoms with E-state index in [2.05, 4.69) is 25.7 Å². The van der Waals surface area contributed by atoms with Crippen molar-refractivity contribution in [3.8, 4) is 22.6 Å². The standard InChI is InChI=1S/C27H24FN7O2.C2HF3O2/c28-19-3-1-16(2-4-19)26(36)33-20-5-6-23-24(12-20)37-27(34-23)22-11-17(13-31-25(22)29)18-14-32-35(15-18)21-7-9-30-10-8-21;3-2(4,5)1(6)7/h1-6,11-15,21,30H,7-10H2,(H2,29,31)(H,33,36);(H,6,7). The van der Waals surface area contributed by atoms with E-state index in [-0.39, 0.29) is 5.91 Å². The van der Waals surface area contributed by atoms with Crippen molar-refractivity contribution >= 4 is 34.5 Å². The molecule has 1 saturated heterocycles. The summed E-state index contributed by atoms with van der Waals surface area (Å²) in [6.45, 7) is 1.98. The second-order valence-electron chi connectivity index (χ2n) is 9.81. The summed E-state index contributed by atoms with van der Waals surface area (Å²) in [6.07, 6.45) is 2.59. The zero-order valence-corrected chi connectivity index (χ0v) is 22.8. The maximum atomic E-state index is 13.2. The zero-order chi connectivity index (χ0) is 31.4. The molecular formula is C29H25F4N7O4. The number of anilines is 2. The predicted molar refractivity (Wildman–Crippen MR) is 152 cm³/mol. The first-order valence-corrected chi connectivity index (χ1v) is 13.3. The van der Waals surface area contributed by atoms with Gasteiger partial charge in [-0.1, -0.05) is 0 Å². The molecule has 0 radical (unpaired) electrons. The van der Waals surface area contributed by atoms with E-state index in [1.165, 1.54) is 24.3 Å². The number of amides is 1. The maximum Gasteiger partial charge on any atom is 0.490 e. The second-order valence-corrected chi connectivity index (χ2v) is 9.81. The lowest BCUT2D eigenvalue weighted by Gasteiger charge is -2.22. The van der Waals surface area contributed by atoms with E-state index in [9.17, 15) is 22.4 Å². The Labute approximate surface area is 246 Å². The molecule has 2 aromatic carbocycles. The highest BCUT2D eigenvalue weighted by molar-refractivity contribution is 6.04. The molecule has 1 aliphatic heterocycles. The van der Waals surface area contributed by atoms with Gasteiger partial charge in [0.25, 0.3) is 5.91 Å². The molecule has 0 bridgehead atoms. The number of nitrogens with one attached hydrogen (secondary N) is 2. The van der Waals surface area contributed by atoms with Crippen LogP contribution < -0.4 is 16.4 Å². The number of rotatable bonds is 5. The number of hydrogen-bond donors (Lipinski definition) is 4. The number of nitrogens with zero attached hydrogens (tertiary/aromatic N) is 4. The molecule has 1 amide bonds. The molecule has 1 fully saturated rings. The summed E-state index contributed by atoms with van der Waals surface area (Å²) >= 11 is 0. The third-order valence-corrected chi connectivity index (χ3v) is 6.76. The molecule has 1 aliphatic rings. The maximum absolute atomic E-state index is 13.2. The Kier molecular flexibility index (Phi) is 8.57. The van der Waals surface area contributed by atoms with Crippen molar-refractivity contribution in [3.63, 3.8) is 0 Å². The van der Waals surface area contributed by atoms with Gasteiger partial charge in [-0.15, -0.1) is 0 Å². The number of alkyl halides is 3. The van der Waals surface area contributed by atoms with Gasteiger partial charge in [0.2, 0.25) is 5.89 Å². The summed E-state index contributed by atoms with van der Waals surface area (Å²) in [5.41, 5.74) is 10.5. The average Bonchev–Trinajstić information content (AvgIpc) is 3.66. The number of carbonyl (C=O) groups excluding carboxylic acids is 1. The van der Waals surface area contributed by atoms with Crippen molar-refractivity contribution in [1.29, 1.82) is 0 Å². The van der Waals surface area contributed by atoms with Gasteiger partial charge in [0, 0.05) is 40.8 Å². The van der Waals surface area contributed by atoms with Gasteiger partial charge >= 0.3 is 12.1 Å². The van der Waals surface area contributed by atoms with Gasteiger partial charge in [-0.05, 0) is 68.4 Å². The number of aromatic nitrogens is 4. The summed E-state index contributed by atoms with van der Waals surface area (Å²) in [5, 5.41) is 17.9. The Bertz CT molecular complexity index is 1800. The molecule has 15 heteroatoms. The van der Waals surface area contributed by atoms with Crippen LogP contribution in [0.15, 0.2) is 71.5 Å². The number of carboxylic acid groups (broad SMARTS) is 1. The fourth-order valence-corrected chi connectivity index (χ4v) is 4.48. The molecule has 5 N–H and O–H groups in total. The van der Waals surface area contributed by atoms with E-state index in [4.69, 9.17) is 20.1 Å². The third-order valence-electron chi connectivity index (χ3n) is 6.76. The molecule has 6 rings (SSSR count). The average molecular weight is 612 g/mol. The van der Waals surface area contributed by atoms with E-state index in [1.807, 2.05) is 23.1 Å². The van der Waals surface area contributed by atoms with E-state index in [0.29, 0.717) is 45.7 Å². The van der Waals surface area contributed by atoms with Gasteiger partial charge in [0.15, 0.2) is 5.58 Å². The summed E-state index contributed by atoms with van der Waals surface area (Å²) in [4.78, 5) is 30.3. The highest BCUT2D eigenvalue weighted by atomic mass is 19.4. The first-order chi connectivity index (χ1) is 21.0. The molecule has 0 spiro atoms. The Balaban J connectivity index is 0.000000493. The van der Waals surface area contributed by atoms with Crippen LogP contribution in [0.25, 0.3) is 33.7 Å². The zero-order valence-electron chi connectivity index (χ0n) is 22.8. The van der Waals surface area contributed by atoms with Crippen LogP contribution in [0, 0.1) is 5.82 Å². The number of fused-ring (bicyclic) bond motifs is 1. The van der Waals surface area contributed by atoms with Crippen LogP contribution in [-0.4, -0.2) is 56.0 Å². The molecule has 0 atom stereocenters. The van der Waals surface area contributed by atoms with Crippen LogP contribution in [0.4, 0.5) is 29.1 Å². The minimum atomic E-state index is -5.08. The van der Waals surface area contributed by atoms with Gasteiger partial charge in [-0.2, -0.15) is 18.3 Å². The molecule has 44 heavy (non-hydrogen) atoms. The van der Waals surface area contributed by atoms with Crippen molar-refractivity contribution in [1.82, 2.24) is 25.1 Å². The highest BCUT2D eigenvalue weighted by Crippen LogP contribution is 2.32. The van der Waals surface area contributed by atoms with Crippen LogP contribution in [0.2, 0.25) is 0 Å². The van der Waals surface area contributed by atoms with Crippen LogP contribution in [0.1, 0.15) is 29.2 Å². The van der Waals surface area contributed by atoms with Gasteiger partial charge in [-0.3, -0.25) is 9.48 Å². The number of piperidine rings is 1. The lowest BCUT2D eigenvalue weighted by molar-refractivity contribution is -0.192.